The number of fused-ring (bicyclic) bond motifs is 2. The number of benzene rings is 2. The maximum atomic E-state index is 4.90. The van der Waals surface area contributed by atoms with Gasteiger partial charge in [-0.25, -0.2) is 9.97 Å². The monoisotopic (exact) mass is 420 g/mol. The van der Waals surface area contributed by atoms with E-state index < -0.39 is 0 Å². The number of aryl methyl sites for hydroxylation is 1. The third-order valence-electron chi connectivity index (χ3n) is 5.03. The number of piperidine rings is 1. The van der Waals surface area contributed by atoms with Gasteiger partial charge in [0.1, 0.15) is 5.82 Å². The van der Waals surface area contributed by atoms with E-state index in [0.29, 0.717) is 5.92 Å². The topological polar surface area (TPSA) is 53.6 Å². The molecule has 0 amide bonds. The van der Waals surface area contributed by atoms with Gasteiger partial charge >= 0.3 is 0 Å². The molecule has 0 radical (unpaired) electrons. The number of aromatic amines is 1. The lowest BCUT2D eigenvalue weighted by Gasteiger charge is -2.20. The fourth-order valence-electron chi connectivity index (χ4n) is 3.68. The molecule has 4 nitrogen and oxygen atoms in total. The summed E-state index contributed by atoms with van der Waals surface area (Å²) < 4.78 is 1.28. The molecular formula is C20H22Cl2N4S. The SMILES string of the molecule is Cc1nc2ccc(-c3ccc4nc(C5CCNCC5)sc4c3)cc2[nH]1.Cl.Cl. The van der Waals surface area contributed by atoms with Crippen LogP contribution in [0.15, 0.2) is 36.4 Å². The molecule has 1 aliphatic heterocycles. The van der Waals surface area contributed by atoms with E-state index in [4.69, 9.17) is 4.98 Å². The number of imidazole rings is 1. The van der Waals surface area contributed by atoms with Crippen molar-refractivity contribution < 1.29 is 0 Å². The average Bonchev–Trinajstić information content (AvgIpc) is 3.23. The second-order valence-electron chi connectivity index (χ2n) is 6.81. The summed E-state index contributed by atoms with van der Waals surface area (Å²) in [5.74, 6) is 1.57. The van der Waals surface area contributed by atoms with E-state index in [-0.39, 0.29) is 24.8 Å². The molecule has 1 saturated heterocycles. The Morgan fingerprint density at radius 1 is 0.926 bits per heavy atom. The molecule has 1 aliphatic rings. The highest BCUT2D eigenvalue weighted by molar-refractivity contribution is 7.18. The van der Waals surface area contributed by atoms with Gasteiger partial charge in [0.25, 0.3) is 0 Å². The summed E-state index contributed by atoms with van der Waals surface area (Å²) in [6.07, 6.45) is 2.39. The van der Waals surface area contributed by atoms with Crippen LogP contribution in [0.2, 0.25) is 0 Å². The van der Waals surface area contributed by atoms with Gasteiger partial charge in [-0.15, -0.1) is 36.2 Å². The van der Waals surface area contributed by atoms with E-state index >= 15 is 0 Å². The first kappa shape index (κ1) is 20.1. The number of nitrogens with zero attached hydrogens (tertiary/aromatic N) is 2. The van der Waals surface area contributed by atoms with Crippen LogP contribution >= 0.6 is 36.2 Å². The zero-order valence-electron chi connectivity index (χ0n) is 15.0. The molecule has 0 bridgehead atoms. The van der Waals surface area contributed by atoms with Crippen molar-refractivity contribution in [3.8, 4) is 11.1 Å². The second-order valence-corrected chi connectivity index (χ2v) is 7.88. The fourth-order valence-corrected chi connectivity index (χ4v) is 4.86. The number of H-pyrrole nitrogens is 1. The molecule has 5 rings (SSSR count). The van der Waals surface area contributed by atoms with Gasteiger partial charge in [-0.3, -0.25) is 0 Å². The van der Waals surface area contributed by atoms with Gasteiger partial charge < -0.3 is 10.3 Å². The summed E-state index contributed by atoms with van der Waals surface area (Å²) in [7, 11) is 0. The third-order valence-corrected chi connectivity index (χ3v) is 6.21. The Bertz CT molecular complexity index is 1070. The molecule has 2 aromatic heterocycles. The lowest BCUT2D eigenvalue weighted by Crippen LogP contribution is -2.26. The van der Waals surface area contributed by atoms with Gasteiger partial charge in [-0.2, -0.15) is 0 Å². The van der Waals surface area contributed by atoms with Crippen molar-refractivity contribution >= 4 is 57.4 Å². The molecule has 2 N–H and O–H groups in total. The van der Waals surface area contributed by atoms with Crippen LogP contribution in [-0.2, 0) is 0 Å². The Labute approximate surface area is 174 Å². The Hall–Kier alpha value is -1.66. The van der Waals surface area contributed by atoms with Gasteiger partial charge in [0.05, 0.1) is 26.3 Å². The van der Waals surface area contributed by atoms with Crippen molar-refractivity contribution in [3.05, 3.63) is 47.2 Å². The van der Waals surface area contributed by atoms with Crippen LogP contribution in [0.25, 0.3) is 32.4 Å². The largest absolute Gasteiger partial charge is 0.342 e. The van der Waals surface area contributed by atoms with Crippen molar-refractivity contribution in [2.24, 2.45) is 0 Å². The quantitative estimate of drug-likeness (QED) is 0.452. The molecule has 0 spiro atoms. The van der Waals surface area contributed by atoms with Crippen molar-refractivity contribution in [1.29, 1.82) is 0 Å². The predicted molar refractivity (Wildman–Crippen MR) is 119 cm³/mol. The summed E-state index contributed by atoms with van der Waals surface area (Å²) in [5.41, 5.74) is 5.70. The van der Waals surface area contributed by atoms with Crippen molar-refractivity contribution in [2.45, 2.75) is 25.7 Å². The van der Waals surface area contributed by atoms with Crippen LogP contribution in [-0.4, -0.2) is 28.0 Å². The summed E-state index contributed by atoms with van der Waals surface area (Å²) in [6, 6.07) is 13.0. The van der Waals surface area contributed by atoms with Crippen LogP contribution in [0, 0.1) is 6.92 Å². The summed E-state index contributed by atoms with van der Waals surface area (Å²) in [5, 5.41) is 4.73. The molecule has 2 aromatic carbocycles. The van der Waals surface area contributed by atoms with Gasteiger partial charge in [0.15, 0.2) is 0 Å². The Kier molecular flexibility index (Phi) is 6.06. The minimum atomic E-state index is 0. The lowest BCUT2D eigenvalue weighted by atomic mass is 9.99. The zero-order valence-corrected chi connectivity index (χ0v) is 17.4. The number of halogens is 2. The standard InChI is InChI=1S/C20H20N4S.2ClH/c1-12-22-16-4-2-14(10-18(16)23-12)15-3-5-17-19(11-15)25-20(24-17)13-6-8-21-9-7-13;;/h2-5,10-11,13,21H,6-9H2,1H3,(H,22,23);2*1H. The normalized spacial score (nSPS) is 14.9. The van der Waals surface area contributed by atoms with Crippen LogP contribution in [0.1, 0.15) is 29.6 Å². The predicted octanol–water partition coefficient (Wildman–Crippen LogP) is 5.46. The maximum Gasteiger partial charge on any atom is 0.104 e. The van der Waals surface area contributed by atoms with Gasteiger partial charge in [0.2, 0.25) is 0 Å². The maximum absolute atomic E-state index is 4.90. The van der Waals surface area contributed by atoms with Crippen LogP contribution < -0.4 is 5.32 Å². The highest BCUT2D eigenvalue weighted by Crippen LogP contribution is 2.34. The molecule has 4 aromatic rings. The number of aromatic nitrogens is 3. The van der Waals surface area contributed by atoms with Crippen molar-refractivity contribution in [1.82, 2.24) is 20.3 Å². The van der Waals surface area contributed by atoms with E-state index in [1.807, 2.05) is 18.3 Å². The minimum Gasteiger partial charge on any atom is -0.342 e. The molecule has 0 saturated carbocycles. The molecule has 3 heterocycles. The molecule has 142 valence electrons. The van der Waals surface area contributed by atoms with Crippen molar-refractivity contribution in [3.63, 3.8) is 0 Å². The minimum absolute atomic E-state index is 0. The summed E-state index contributed by atoms with van der Waals surface area (Å²) in [6.45, 7) is 4.20. The molecule has 27 heavy (non-hydrogen) atoms. The highest BCUT2D eigenvalue weighted by Gasteiger charge is 2.19. The molecular weight excluding hydrogens is 399 g/mol. The number of hydrogen-bond donors (Lipinski definition) is 2. The Balaban J connectivity index is 0.00000105. The first-order valence-electron chi connectivity index (χ1n) is 8.84. The number of hydrogen-bond acceptors (Lipinski definition) is 4. The molecule has 0 aliphatic carbocycles. The first-order chi connectivity index (χ1) is 12.3. The number of thiazole rings is 1. The Morgan fingerprint density at radius 3 is 2.41 bits per heavy atom. The van der Waals surface area contributed by atoms with E-state index in [1.54, 1.807) is 0 Å². The van der Waals surface area contributed by atoms with E-state index in [1.165, 1.54) is 33.7 Å². The van der Waals surface area contributed by atoms with Gasteiger partial charge in [-0.05, 0) is 68.2 Å². The first-order valence-corrected chi connectivity index (χ1v) is 9.66. The molecule has 0 unspecified atom stereocenters. The average molecular weight is 421 g/mol. The Morgan fingerprint density at radius 2 is 1.63 bits per heavy atom. The zero-order chi connectivity index (χ0) is 16.8. The molecule has 0 atom stereocenters. The van der Waals surface area contributed by atoms with Crippen LogP contribution in [0.4, 0.5) is 0 Å². The number of nitrogens with one attached hydrogen (secondary N) is 2. The van der Waals surface area contributed by atoms with Crippen molar-refractivity contribution in [2.75, 3.05) is 13.1 Å². The highest BCUT2D eigenvalue weighted by atomic mass is 35.5. The van der Waals surface area contributed by atoms with E-state index in [9.17, 15) is 0 Å². The smallest absolute Gasteiger partial charge is 0.104 e. The molecule has 1 fully saturated rings. The van der Waals surface area contributed by atoms with E-state index in [0.717, 1.165) is 35.5 Å². The van der Waals surface area contributed by atoms with Crippen LogP contribution in [0.3, 0.4) is 0 Å². The third kappa shape index (κ3) is 3.83. The summed E-state index contributed by atoms with van der Waals surface area (Å²) >= 11 is 1.86. The van der Waals surface area contributed by atoms with Gasteiger partial charge in [0, 0.05) is 5.92 Å². The van der Waals surface area contributed by atoms with Crippen LogP contribution in [0.5, 0.6) is 0 Å². The lowest BCUT2D eigenvalue weighted by molar-refractivity contribution is 0.459. The number of rotatable bonds is 2. The molecule has 7 heteroatoms. The van der Waals surface area contributed by atoms with Gasteiger partial charge in [-0.1, -0.05) is 12.1 Å². The van der Waals surface area contributed by atoms with E-state index in [2.05, 4.69) is 51.7 Å². The summed E-state index contributed by atoms with van der Waals surface area (Å²) in [4.78, 5) is 12.7. The second kappa shape index (κ2) is 8.15. The fraction of sp³-hybridized carbons (Fsp3) is 0.300.